The summed E-state index contributed by atoms with van der Waals surface area (Å²) in [6.07, 6.45) is 1.94. The van der Waals surface area contributed by atoms with E-state index in [9.17, 15) is 14.4 Å². The Hall–Kier alpha value is -3.78. The van der Waals surface area contributed by atoms with Gasteiger partial charge in [-0.1, -0.05) is 48.9 Å². The van der Waals surface area contributed by atoms with Gasteiger partial charge < -0.3 is 10.2 Å². The minimum Gasteiger partial charge on any atom is -0.348 e. The van der Waals surface area contributed by atoms with Crippen LogP contribution in [0.25, 0.3) is 0 Å². The van der Waals surface area contributed by atoms with Crippen molar-refractivity contribution in [3.63, 3.8) is 0 Å². The lowest BCUT2D eigenvalue weighted by Gasteiger charge is -2.16. The monoisotopic (exact) mass is 406 g/mol. The predicted molar refractivity (Wildman–Crippen MR) is 112 cm³/mol. The molecule has 0 saturated carbocycles. The molecule has 0 aromatic heterocycles. The topological polar surface area (TPSA) is 100 Å². The SMILES string of the molecule is CCC(C)NC(=O)C(/C=C1\C(=O)ONN1c1ccccc1)=NC(=O)c1ccccc1. The maximum Gasteiger partial charge on any atom is 0.376 e. The molecule has 8 heteroatoms. The summed E-state index contributed by atoms with van der Waals surface area (Å²) in [7, 11) is 0. The molecule has 0 aliphatic carbocycles. The molecule has 8 nitrogen and oxygen atoms in total. The second kappa shape index (κ2) is 9.62. The Morgan fingerprint density at radius 1 is 1.13 bits per heavy atom. The van der Waals surface area contributed by atoms with Crippen LogP contribution in [0.5, 0.6) is 0 Å². The number of amides is 2. The zero-order valence-corrected chi connectivity index (χ0v) is 16.7. The summed E-state index contributed by atoms with van der Waals surface area (Å²) in [4.78, 5) is 46.5. The van der Waals surface area contributed by atoms with Crippen molar-refractivity contribution in [3.8, 4) is 0 Å². The molecule has 1 atom stereocenters. The van der Waals surface area contributed by atoms with E-state index < -0.39 is 17.8 Å². The van der Waals surface area contributed by atoms with Gasteiger partial charge in [-0.25, -0.2) is 14.8 Å². The van der Waals surface area contributed by atoms with Crippen molar-refractivity contribution in [3.05, 3.63) is 78.0 Å². The van der Waals surface area contributed by atoms with Gasteiger partial charge in [0.25, 0.3) is 11.8 Å². The standard InChI is InChI=1S/C22H22N4O4/c1-3-15(2)23-21(28)18(24-20(27)16-10-6-4-7-11-16)14-19-22(29)30-25-26(19)17-12-8-5-9-13-17/h4-15,25H,3H2,1-2H3,(H,23,28)/b19-14+,24-18?. The van der Waals surface area contributed by atoms with Crippen molar-refractivity contribution in [2.75, 3.05) is 5.01 Å². The number of benzene rings is 2. The fourth-order valence-electron chi connectivity index (χ4n) is 2.60. The normalized spacial score (nSPS) is 16.3. The fourth-order valence-corrected chi connectivity index (χ4v) is 2.60. The molecule has 1 aliphatic rings. The van der Waals surface area contributed by atoms with Crippen LogP contribution in [0.4, 0.5) is 5.69 Å². The highest BCUT2D eigenvalue weighted by atomic mass is 16.7. The summed E-state index contributed by atoms with van der Waals surface area (Å²) in [5.41, 5.74) is 3.28. The largest absolute Gasteiger partial charge is 0.376 e. The molecule has 2 aromatic carbocycles. The lowest BCUT2D eigenvalue weighted by Crippen LogP contribution is -2.38. The number of carbonyl (C=O) groups excluding carboxylic acids is 3. The van der Waals surface area contributed by atoms with E-state index in [0.29, 0.717) is 17.7 Å². The highest BCUT2D eigenvalue weighted by Gasteiger charge is 2.30. The first-order valence-corrected chi connectivity index (χ1v) is 9.52. The zero-order valence-electron chi connectivity index (χ0n) is 16.7. The first-order chi connectivity index (χ1) is 14.5. The van der Waals surface area contributed by atoms with Crippen LogP contribution in [0.15, 0.2) is 77.4 Å². The molecule has 2 N–H and O–H groups in total. The molecule has 1 heterocycles. The summed E-state index contributed by atoms with van der Waals surface area (Å²) in [6, 6.07) is 17.2. The summed E-state index contributed by atoms with van der Waals surface area (Å²) in [5, 5.41) is 4.15. The molecule has 0 spiro atoms. The van der Waals surface area contributed by atoms with Gasteiger partial charge in [0.2, 0.25) is 0 Å². The minimum absolute atomic E-state index is 0.0279. The summed E-state index contributed by atoms with van der Waals surface area (Å²) >= 11 is 0. The zero-order chi connectivity index (χ0) is 21.5. The molecule has 1 fully saturated rings. The Kier molecular flexibility index (Phi) is 6.71. The number of hydrogen-bond donors (Lipinski definition) is 2. The van der Waals surface area contributed by atoms with E-state index in [4.69, 9.17) is 4.84 Å². The first kappa shape index (κ1) is 20.9. The van der Waals surface area contributed by atoms with Gasteiger partial charge in [0, 0.05) is 17.7 Å². The maximum absolute atomic E-state index is 12.8. The Morgan fingerprint density at radius 3 is 2.40 bits per heavy atom. The van der Waals surface area contributed by atoms with Crippen LogP contribution in [0.3, 0.4) is 0 Å². The smallest absolute Gasteiger partial charge is 0.348 e. The number of carbonyl (C=O) groups is 3. The number of anilines is 1. The maximum atomic E-state index is 12.8. The van der Waals surface area contributed by atoms with Crippen LogP contribution in [0, 0.1) is 0 Å². The molecule has 1 aliphatic heterocycles. The highest BCUT2D eigenvalue weighted by molar-refractivity contribution is 6.45. The van der Waals surface area contributed by atoms with Crippen LogP contribution in [-0.4, -0.2) is 29.5 Å². The van der Waals surface area contributed by atoms with Crippen molar-refractivity contribution >= 4 is 29.2 Å². The van der Waals surface area contributed by atoms with Crippen molar-refractivity contribution in [1.29, 1.82) is 0 Å². The summed E-state index contributed by atoms with van der Waals surface area (Å²) in [5.74, 6) is -1.85. The molecule has 1 unspecified atom stereocenters. The Balaban J connectivity index is 2.00. The molecule has 2 aromatic rings. The highest BCUT2D eigenvalue weighted by Crippen LogP contribution is 2.21. The average Bonchev–Trinajstić information content (AvgIpc) is 3.14. The molecule has 154 valence electrons. The van der Waals surface area contributed by atoms with Crippen LogP contribution in [0.2, 0.25) is 0 Å². The first-order valence-electron chi connectivity index (χ1n) is 9.52. The van der Waals surface area contributed by atoms with Gasteiger partial charge in [-0.3, -0.25) is 9.59 Å². The van der Waals surface area contributed by atoms with Gasteiger partial charge >= 0.3 is 5.97 Å². The fraction of sp³-hybridized carbons (Fsp3) is 0.182. The summed E-state index contributed by atoms with van der Waals surface area (Å²) in [6.45, 7) is 3.76. The lowest BCUT2D eigenvalue weighted by molar-refractivity contribution is -0.140. The van der Waals surface area contributed by atoms with Crippen LogP contribution < -0.4 is 15.9 Å². The number of nitrogens with one attached hydrogen (secondary N) is 2. The molecule has 1 saturated heterocycles. The molecule has 3 rings (SSSR count). The third-order valence-electron chi connectivity index (χ3n) is 4.43. The number of hydrogen-bond acceptors (Lipinski definition) is 6. The van der Waals surface area contributed by atoms with Gasteiger partial charge in [-0.15, -0.1) is 0 Å². The van der Waals surface area contributed by atoms with E-state index in [-0.39, 0.29) is 17.5 Å². The van der Waals surface area contributed by atoms with Crippen molar-refractivity contribution in [1.82, 2.24) is 10.9 Å². The van der Waals surface area contributed by atoms with Gasteiger partial charge in [0.1, 0.15) is 5.71 Å². The van der Waals surface area contributed by atoms with Gasteiger partial charge in [-0.2, -0.15) is 0 Å². The Morgan fingerprint density at radius 2 is 1.77 bits per heavy atom. The number of nitrogens with zero attached hydrogens (tertiary/aromatic N) is 2. The van der Waals surface area contributed by atoms with Crippen molar-refractivity contribution in [2.45, 2.75) is 26.3 Å². The third kappa shape index (κ3) is 4.98. The number of hydrazine groups is 1. The Bertz CT molecular complexity index is 987. The van der Waals surface area contributed by atoms with Crippen molar-refractivity contribution in [2.24, 2.45) is 4.99 Å². The quantitative estimate of drug-likeness (QED) is 0.565. The lowest BCUT2D eigenvalue weighted by atomic mass is 10.2. The number of rotatable bonds is 6. The number of aliphatic imine (C=N–C) groups is 1. The second-order valence-electron chi connectivity index (χ2n) is 6.63. The van der Waals surface area contributed by atoms with E-state index in [1.807, 2.05) is 19.9 Å². The van der Waals surface area contributed by atoms with E-state index in [1.54, 1.807) is 54.6 Å². The number of para-hydroxylation sites is 1. The van der Waals surface area contributed by atoms with Crippen LogP contribution in [0.1, 0.15) is 30.6 Å². The molecule has 0 bridgehead atoms. The van der Waals surface area contributed by atoms with Gasteiger partial charge in [0.15, 0.2) is 5.70 Å². The van der Waals surface area contributed by atoms with E-state index in [0.717, 1.165) is 0 Å². The summed E-state index contributed by atoms with van der Waals surface area (Å²) < 4.78 is 0. The average molecular weight is 406 g/mol. The van der Waals surface area contributed by atoms with E-state index in [1.165, 1.54) is 11.1 Å². The minimum atomic E-state index is -0.699. The van der Waals surface area contributed by atoms with Crippen molar-refractivity contribution < 1.29 is 19.2 Å². The van der Waals surface area contributed by atoms with Crippen LogP contribution in [-0.2, 0) is 14.4 Å². The molecule has 2 amide bonds. The van der Waals surface area contributed by atoms with E-state index in [2.05, 4.69) is 15.9 Å². The molecular weight excluding hydrogens is 384 g/mol. The molecular formula is C22H22N4O4. The molecule has 0 radical (unpaired) electrons. The second-order valence-corrected chi connectivity index (χ2v) is 6.63. The predicted octanol–water partition coefficient (Wildman–Crippen LogP) is 2.55. The molecule has 30 heavy (non-hydrogen) atoms. The van der Waals surface area contributed by atoms with Gasteiger partial charge in [-0.05, 0) is 37.6 Å². The van der Waals surface area contributed by atoms with Crippen LogP contribution >= 0.6 is 0 Å². The Labute approximate surface area is 174 Å². The van der Waals surface area contributed by atoms with Gasteiger partial charge in [0.05, 0.1) is 5.69 Å². The van der Waals surface area contributed by atoms with E-state index >= 15 is 0 Å². The third-order valence-corrected chi connectivity index (χ3v) is 4.43.